The van der Waals surface area contributed by atoms with Gasteiger partial charge < -0.3 is 9.26 Å². The molecule has 14 heteroatoms. The molecule has 0 spiro atoms. The van der Waals surface area contributed by atoms with Crippen molar-refractivity contribution < 1.29 is 30.8 Å². The Morgan fingerprint density at radius 2 is 1.80 bits per heavy atom. The average Bonchev–Trinajstić information content (AvgIpc) is 3.23. The van der Waals surface area contributed by atoms with E-state index in [0.29, 0.717) is 0 Å². The number of rotatable bonds is 8. The molecule has 1 N–H and O–H groups in total. The van der Waals surface area contributed by atoms with Crippen LogP contribution in [0.25, 0.3) is 22.6 Å². The molecule has 0 saturated carbocycles. The van der Waals surface area contributed by atoms with Gasteiger partial charge in [-0.15, -0.1) is 0 Å². The number of nitrogens with zero attached hydrogens (tertiary/aromatic N) is 5. The molecule has 3 aromatic heterocycles. The second-order valence-electron chi connectivity index (χ2n) is 7.44. The Labute approximate surface area is 197 Å². The summed E-state index contributed by atoms with van der Waals surface area (Å²) in [7, 11) is -3.89. The van der Waals surface area contributed by atoms with Crippen LogP contribution in [0.2, 0.25) is 0 Å². The summed E-state index contributed by atoms with van der Waals surface area (Å²) in [6.07, 6.45) is -6.15. The normalized spacial score (nSPS) is 13.1. The molecule has 10 nitrogen and oxygen atoms in total. The zero-order valence-electron chi connectivity index (χ0n) is 18.4. The van der Waals surface area contributed by atoms with E-state index in [0.717, 1.165) is 12.3 Å². The van der Waals surface area contributed by atoms with Crippen molar-refractivity contribution in [2.45, 2.75) is 32.5 Å². The van der Waals surface area contributed by atoms with E-state index in [1.807, 2.05) is 0 Å². The lowest BCUT2D eigenvalue weighted by Gasteiger charge is -2.22. The predicted octanol–water partition coefficient (Wildman–Crippen LogP) is 4.22. The summed E-state index contributed by atoms with van der Waals surface area (Å²) in [6.45, 7) is 3.21. The molecule has 35 heavy (non-hydrogen) atoms. The van der Waals surface area contributed by atoms with E-state index in [1.165, 1.54) is 12.1 Å². The largest absolute Gasteiger partial charge is 0.457 e. The number of fused-ring (bicyclic) bond motifs is 1. The molecule has 4 aromatic rings. The molecule has 0 saturated heterocycles. The highest BCUT2D eigenvalue weighted by Crippen LogP contribution is 2.38. The molecule has 0 amide bonds. The summed E-state index contributed by atoms with van der Waals surface area (Å²) in [4.78, 5) is 16.2. The lowest BCUT2D eigenvalue weighted by Crippen LogP contribution is -2.27. The third-order valence-corrected chi connectivity index (χ3v) is 6.09. The molecular weight excluding hydrogens is 489 g/mol. The zero-order valence-corrected chi connectivity index (χ0v) is 19.3. The van der Waals surface area contributed by atoms with Crippen molar-refractivity contribution >= 4 is 26.9 Å². The van der Waals surface area contributed by atoms with Crippen molar-refractivity contribution in [1.29, 1.82) is 0 Å². The van der Waals surface area contributed by atoms with E-state index in [9.17, 15) is 21.6 Å². The number of alkyl halides is 3. The van der Waals surface area contributed by atoms with Gasteiger partial charge in [0.05, 0.1) is 16.8 Å². The number of benzene rings is 1. The van der Waals surface area contributed by atoms with Crippen LogP contribution in [-0.2, 0) is 10.0 Å². The number of sulfonamides is 1. The third kappa shape index (κ3) is 5.65. The van der Waals surface area contributed by atoms with Crippen LogP contribution < -0.4 is 9.46 Å². The molecule has 184 valence electrons. The van der Waals surface area contributed by atoms with E-state index in [-0.39, 0.29) is 46.2 Å². The van der Waals surface area contributed by atoms with Crippen molar-refractivity contribution in [3.63, 3.8) is 0 Å². The second-order valence-corrected chi connectivity index (χ2v) is 9.28. The van der Waals surface area contributed by atoms with Crippen LogP contribution in [-0.4, -0.2) is 45.4 Å². The molecule has 3 heterocycles. The Morgan fingerprint density at radius 1 is 1.09 bits per heavy atom. The van der Waals surface area contributed by atoms with E-state index in [4.69, 9.17) is 9.26 Å². The Morgan fingerprint density at radius 3 is 2.37 bits per heavy atom. The molecule has 1 aromatic carbocycles. The fraction of sp³-hybridized carbons (Fsp3) is 0.286. The minimum Gasteiger partial charge on any atom is -0.457 e. The number of halogens is 3. The maximum absolute atomic E-state index is 14.0. The quantitative estimate of drug-likeness (QED) is 0.371. The SMILES string of the molecule is CCCS(=O)(=O)Nc1nc2ccccc2nc1OC(c1ccc(-c2noc(C)n2)nc1)C(F)(F)F. The number of ether oxygens (including phenoxy) is 1. The number of para-hydroxylation sites is 2. The number of aromatic nitrogens is 5. The molecular formula is C21H19F3N6O4S. The first-order chi connectivity index (χ1) is 16.6. The van der Waals surface area contributed by atoms with Crippen LogP contribution in [0.1, 0.15) is 30.9 Å². The summed E-state index contributed by atoms with van der Waals surface area (Å²) in [5, 5.41) is 3.68. The summed E-state index contributed by atoms with van der Waals surface area (Å²) in [5.41, 5.74) is 0.352. The first-order valence-electron chi connectivity index (χ1n) is 10.3. The molecule has 0 bridgehead atoms. The maximum Gasteiger partial charge on any atom is 0.429 e. The van der Waals surface area contributed by atoms with Crippen LogP contribution in [0.3, 0.4) is 0 Å². The van der Waals surface area contributed by atoms with Gasteiger partial charge in [0.25, 0.3) is 5.88 Å². The number of hydrogen-bond donors (Lipinski definition) is 1. The minimum atomic E-state index is -4.89. The van der Waals surface area contributed by atoms with E-state index >= 15 is 0 Å². The first kappa shape index (κ1) is 24.3. The smallest absolute Gasteiger partial charge is 0.429 e. The third-order valence-electron chi connectivity index (χ3n) is 4.64. The highest BCUT2D eigenvalue weighted by atomic mass is 32.2. The van der Waals surface area contributed by atoms with Gasteiger partial charge in [-0.1, -0.05) is 30.3 Å². The Bertz CT molecular complexity index is 1440. The van der Waals surface area contributed by atoms with E-state index in [2.05, 4.69) is 29.8 Å². The summed E-state index contributed by atoms with van der Waals surface area (Å²) in [6, 6.07) is 8.77. The van der Waals surface area contributed by atoms with Gasteiger partial charge in [-0.2, -0.15) is 18.2 Å². The lowest BCUT2D eigenvalue weighted by atomic mass is 10.1. The monoisotopic (exact) mass is 508 g/mol. The van der Waals surface area contributed by atoms with Crippen LogP contribution in [0, 0.1) is 6.92 Å². The van der Waals surface area contributed by atoms with E-state index < -0.39 is 34.0 Å². The second kappa shape index (κ2) is 9.44. The molecule has 0 aliphatic rings. The van der Waals surface area contributed by atoms with Gasteiger partial charge in [0, 0.05) is 18.7 Å². The van der Waals surface area contributed by atoms with Gasteiger partial charge >= 0.3 is 6.18 Å². The molecule has 1 unspecified atom stereocenters. The molecule has 0 aliphatic heterocycles. The summed E-state index contributed by atoms with van der Waals surface area (Å²) < 4.78 is 79.1. The fourth-order valence-electron chi connectivity index (χ4n) is 3.13. The number of hydrogen-bond acceptors (Lipinski definition) is 9. The molecule has 0 aliphatic carbocycles. The zero-order chi connectivity index (χ0) is 25.2. The highest BCUT2D eigenvalue weighted by molar-refractivity contribution is 7.92. The molecule has 0 radical (unpaired) electrons. The van der Waals surface area contributed by atoms with Gasteiger partial charge in [-0.05, 0) is 24.6 Å². The Hall–Kier alpha value is -3.81. The lowest BCUT2D eigenvalue weighted by molar-refractivity contribution is -0.198. The predicted molar refractivity (Wildman–Crippen MR) is 119 cm³/mol. The van der Waals surface area contributed by atoms with Gasteiger partial charge in [-0.3, -0.25) is 9.71 Å². The number of nitrogens with one attached hydrogen (secondary N) is 1. The first-order valence-corrected chi connectivity index (χ1v) is 12.0. The van der Waals surface area contributed by atoms with Crippen LogP contribution >= 0.6 is 0 Å². The Kier molecular flexibility index (Phi) is 6.56. The van der Waals surface area contributed by atoms with Crippen molar-refractivity contribution in [2.24, 2.45) is 0 Å². The van der Waals surface area contributed by atoms with Crippen molar-refractivity contribution in [3.8, 4) is 17.4 Å². The number of aryl methyl sites for hydroxylation is 1. The highest BCUT2D eigenvalue weighted by Gasteiger charge is 2.44. The number of anilines is 1. The summed E-state index contributed by atoms with van der Waals surface area (Å²) >= 11 is 0. The van der Waals surface area contributed by atoms with Crippen LogP contribution in [0.5, 0.6) is 5.88 Å². The van der Waals surface area contributed by atoms with Gasteiger partial charge in [0.1, 0.15) is 5.69 Å². The van der Waals surface area contributed by atoms with Gasteiger partial charge in [0.15, 0.2) is 0 Å². The van der Waals surface area contributed by atoms with Crippen LogP contribution in [0.4, 0.5) is 19.0 Å². The fourth-order valence-corrected chi connectivity index (χ4v) is 4.20. The average molecular weight is 508 g/mol. The van der Waals surface area contributed by atoms with Crippen molar-refractivity contribution in [3.05, 3.63) is 54.0 Å². The number of pyridine rings is 1. The molecule has 1 atom stereocenters. The van der Waals surface area contributed by atoms with Crippen molar-refractivity contribution in [2.75, 3.05) is 10.5 Å². The minimum absolute atomic E-state index is 0.117. The van der Waals surface area contributed by atoms with Gasteiger partial charge in [-0.25, -0.2) is 18.4 Å². The maximum atomic E-state index is 14.0. The standard InChI is InChI=1S/C21H19F3N6O4S/c1-3-10-35(31,32)30-19-20(28-15-7-5-4-6-14(15)27-19)33-17(21(22,23)24)13-8-9-16(25-11-13)18-26-12(2)34-29-18/h4-9,11,17H,3,10H2,1-2H3,(H,27,30). The molecule has 0 fully saturated rings. The Balaban J connectivity index is 1.73. The molecule has 4 rings (SSSR count). The summed E-state index contributed by atoms with van der Waals surface area (Å²) in [5.74, 6) is -0.936. The van der Waals surface area contributed by atoms with Crippen molar-refractivity contribution in [1.82, 2.24) is 25.1 Å². The van der Waals surface area contributed by atoms with Crippen LogP contribution in [0.15, 0.2) is 47.1 Å². The van der Waals surface area contributed by atoms with E-state index in [1.54, 1.807) is 32.0 Å². The topological polar surface area (TPSA) is 133 Å². The van der Waals surface area contributed by atoms with Gasteiger partial charge in [0.2, 0.25) is 33.7 Å².